The van der Waals surface area contributed by atoms with E-state index in [-0.39, 0.29) is 11.0 Å². The summed E-state index contributed by atoms with van der Waals surface area (Å²) < 4.78 is 6.05. The molecular weight excluding hydrogens is 260 g/mol. The number of nitrogens with two attached hydrogens (primary N) is 1. The standard InChI is InChI=1S/C18H34N2O/c1-4-8-14-9-5-6-11-20(14)13-18(19)15-10-7-12-21-16(15)17(18,2)3/h14-16H,4-13,19H2,1-3H3. The van der Waals surface area contributed by atoms with Crippen LogP contribution < -0.4 is 5.73 Å². The molecule has 2 saturated heterocycles. The minimum atomic E-state index is -0.0541. The van der Waals surface area contributed by atoms with Gasteiger partial charge in [0, 0.05) is 36.1 Å². The van der Waals surface area contributed by atoms with E-state index >= 15 is 0 Å². The van der Waals surface area contributed by atoms with E-state index in [1.54, 1.807) is 0 Å². The minimum Gasteiger partial charge on any atom is -0.377 e. The van der Waals surface area contributed by atoms with Gasteiger partial charge in [-0.2, -0.15) is 0 Å². The smallest absolute Gasteiger partial charge is 0.0690 e. The summed E-state index contributed by atoms with van der Waals surface area (Å²) in [7, 11) is 0. The second-order valence-electron chi connectivity index (χ2n) is 8.21. The van der Waals surface area contributed by atoms with Gasteiger partial charge in [0.1, 0.15) is 0 Å². The zero-order chi connectivity index (χ0) is 15.1. The normalized spacial score (nSPS) is 43.1. The highest BCUT2D eigenvalue weighted by Crippen LogP contribution is 2.57. The monoisotopic (exact) mass is 294 g/mol. The molecule has 3 nitrogen and oxygen atoms in total. The molecule has 2 aliphatic heterocycles. The van der Waals surface area contributed by atoms with E-state index in [9.17, 15) is 0 Å². The van der Waals surface area contributed by atoms with Crippen LogP contribution in [0, 0.1) is 11.3 Å². The molecule has 0 spiro atoms. The minimum absolute atomic E-state index is 0.0541. The Labute approximate surface area is 130 Å². The van der Waals surface area contributed by atoms with Gasteiger partial charge in [-0.3, -0.25) is 4.90 Å². The first-order valence-electron chi connectivity index (χ1n) is 9.15. The van der Waals surface area contributed by atoms with Crippen molar-refractivity contribution in [1.82, 2.24) is 4.90 Å². The fraction of sp³-hybridized carbons (Fsp3) is 1.00. The van der Waals surface area contributed by atoms with Crippen molar-refractivity contribution in [3.8, 4) is 0 Å². The predicted octanol–water partition coefficient (Wildman–Crippen LogP) is 3.17. The molecule has 2 N–H and O–H groups in total. The molecule has 3 heteroatoms. The van der Waals surface area contributed by atoms with Crippen molar-refractivity contribution in [2.45, 2.75) is 83.4 Å². The van der Waals surface area contributed by atoms with Crippen molar-refractivity contribution in [2.75, 3.05) is 19.7 Å². The fourth-order valence-corrected chi connectivity index (χ4v) is 5.25. The van der Waals surface area contributed by atoms with Gasteiger partial charge in [0.2, 0.25) is 0 Å². The summed E-state index contributed by atoms with van der Waals surface area (Å²) in [6.45, 7) is 10.2. The maximum Gasteiger partial charge on any atom is 0.0690 e. The fourth-order valence-electron chi connectivity index (χ4n) is 5.25. The van der Waals surface area contributed by atoms with Crippen molar-refractivity contribution in [2.24, 2.45) is 17.1 Å². The maximum absolute atomic E-state index is 7.00. The van der Waals surface area contributed by atoms with Gasteiger partial charge in [-0.05, 0) is 38.6 Å². The van der Waals surface area contributed by atoms with Gasteiger partial charge in [-0.1, -0.05) is 33.6 Å². The van der Waals surface area contributed by atoms with Crippen LogP contribution in [0.2, 0.25) is 0 Å². The summed E-state index contributed by atoms with van der Waals surface area (Å²) in [5.74, 6) is 0.574. The Morgan fingerprint density at radius 2 is 2.00 bits per heavy atom. The van der Waals surface area contributed by atoms with Crippen molar-refractivity contribution in [3.05, 3.63) is 0 Å². The highest BCUT2D eigenvalue weighted by Gasteiger charge is 2.66. The second kappa shape index (κ2) is 5.82. The van der Waals surface area contributed by atoms with Crippen molar-refractivity contribution < 1.29 is 4.74 Å². The largest absolute Gasteiger partial charge is 0.377 e. The molecule has 0 aromatic rings. The Kier molecular flexibility index (Phi) is 4.37. The SMILES string of the molecule is CCCC1CCCCN1CC1(N)C2CCCOC2C1(C)C. The van der Waals surface area contributed by atoms with E-state index in [1.807, 2.05) is 0 Å². The van der Waals surface area contributed by atoms with Crippen molar-refractivity contribution >= 4 is 0 Å². The summed E-state index contributed by atoms with van der Waals surface area (Å²) in [6, 6.07) is 0.767. The lowest BCUT2D eigenvalue weighted by Crippen LogP contribution is -2.80. The first-order valence-corrected chi connectivity index (χ1v) is 9.15. The number of piperidine rings is 1. The van der Waals surface area contributed by atoms with E-state index in [0.29, 0.717) is 12.0 Å². The van der Waals surface area contributed by atoms with Crippen LogP contribution in [-0.4, -0.2) is 42.3 Å². The molecule has 4 unspecified atom stereocenters. The average Bonchev–Trinajstić information content (AvgIpc) is 2.49. The summed E-state index contributed by atoms with van der Waals surface area (Å²) >= 11 is 0. The van der Waals surface area contributed by atoms with Crippen LogP contribution in [0.5, 0.6) is 0 Å². The zero-order valence-electron chi connectivity index (χ0n) is 14.2. The molecular formula is C18H34N2O. The number of nitrogens with zero attached hydrogens (tertiary/aromatic N) is 1. The van der Waals surface area contributed by atoms with Gasteiger partial charge in [0.15, 0.2) is 0 Å². The van der Waals surface area contributed by atoms with Crippen LogP contribution in [0.25, 0.3) is 0 Å². The molecule has 4 atom stereocenters. The van der Waals surface area contributed by atoms with Crippen molar-refractivity contribution in [1.29, 1.82) is 0 Å². The van der Waals surface area contributed by atoms with Gasteiger partial charge in [-0.25, -0.2) is 0 Å². The van der Waals surface area contributed by atoms with Gasteiger partial charge in [0.25, 0.3) is 0 Å². The van der Waals surface area contributed by atoms with E-state index in [4.69, 9.17) is 10.5 Å². The second-order valence-corrected chi connectivity index (χ2v) is 8.21. The molecule has 0 amide bonds. The molecule has 0 aromatic heterocycles. The third kappa shape index (κ3) is 2.46. The highest BCUT2D eigenvalue weighted by molar-refractivity contribution is 5.21. The summed E-state index contributed by atoms with van der Waals surface area (Å²) in [4.78, 5) is 2.72. The summed E-state index contributed by atoms with van der Waals surface area (Å²) in [5, 5.41) is 0. The average molecular weight is 294 g/mol. The lowest BCUT2D eigenvalue weighted by molar-refractivity contribution is -0.234. The number of likely N-dealkylation sites (tertiary alicyclic amines) is 1. The molecule has 1 saturated carbocycles. The van der Waals surface area contributed by atoms with E-state index in [2.05, 4.69) is 25.7 Å². The van der Waals surface area contributed by atoms with E-state index in [0.717, 1.165) is 19.2 Å². The Balaban J connectivity index is 1.72. The number of ether oxygens (including phenoxy) is 1. The molecule has 2 heterocycles. The van der Waals surface area contributed by atoms with Crippen molar-refractivity contribution in [3.63, 3.8) is 0 Å². The molecule has 0 radical (unpaired) electrons. The van der Waals surface area contributed by atoms with Crippen LogP contribution in [0.15, 0.2) is 0 Å². The lowest BCUT2D eigenvalue weighted by Gasteiger charge is -2.68. The molecule has 3 fully saturated rings. The number of rotatable bonds is 4. The topological polar surface area (TPSA) is 38.5 Å². The zero-order valence-corrected chi connectivity index (χ0v) is 14.2. The molecule has 0 aromatic carbocycles. The van der Waals surface area contributed by atoms with Crippen LogP contribution in [0.1, 0.15) is 65.7 Å². The highest BCUT2D eigenvalue weighted by atomic mass is 16.5. The third-order valence-electron chi connectivity index (χ3n) is 6.73. The lowest BCUT2D eigenvalue weighted by atomic mass is 9.46. The van der Waals surface area contributed by atoms with Gasteiger partial charge in [-0.15, -0.1) is 0 Å². The Morgan fingerprint density at radius 3 is 2.76 bits per heavy atom. The summed E-state index contributed by atoms with van der Waals surface area (Å²) in [6.07, 6.45) is 9.59. The van der Waals surface area contributed by atoms with Gasteiger partial charge in [0.05, 0.1) is 6.10 Å². The predicted molar refractivity (Wildman–Crippen MR) is 87.3 cm³/mol. The first-order chi connectivity index (χ1) is 10.0. The Bertz CT molecular complexity index is 368. The van der Waals surface area contributed by atoms with E-state index in [1.165, 1.54) is 51.5 Å². The quantitative estimate of drug-likeness (QED) is 0.865. The third-order valence-corrected chi connectivity index (χ3v) is 6.73. The molecule has 122 valence electrons. The maximum atomic E-state index is 7.00. The van der Waals surface area contributed by atoms with Gasteiger partial charge >= 0.3 is 0 Å². The van der Waals surface area contributed by atoms with E-state index < -0.39 is 0 Å². The molecule has 1 aliphatic carbocycles. The molecule has 3 aliphatic rings. The van der Waals surface area contributed by atoms with Gasteiger partial charge < -0.3 is 10.5 Å². The van der Waals surface area contributed by atoms with Crippen LogP contribution in [0.4, 0.5) is 0 Å². The number of fused-ring (bicyclic) bond motifs is 1. The molecule has 0 bridgehead atoms. The Hall–Kier alpha value is -0.120. The molecule has 3 rings (SSSR count). The summed E-state index contributed by atoms with van der Waals surface area (Å²) in [5.41, 5.74) is 7.07. The number of hydrogen-bond donors (Lipinski definition) is 1. The first kappa shape index (κ1) is 15.8. The van der Waals surface area contributed by atoms with Crippen LogP contribution in [0.3, 0.4) is 0 Å². The van der Waals surface area contributed by atoms with Crippen LogP contribution in [-0.2, 0) is 4.74 Å². The Morgan fingerprint density at radius 1 is 1.19 bits per heavy atom. The van der Waals surface area contributed by atoms with Crippen LogP contribution >= 0.6 is 0 Å². The number of hydrogen-bond acceptors (Lipinski definition) is 3. The molecule has 21 heavy (non-hydrogen) atoms.